The second-order valence-electron chi connectivity index (χ2n) is 4.46. The predicted molar refractivity (Wildman–Crippen MR) is 84.7 cm³/mol. The molecule has 2 aromatic carbocycles. The van der Waals surface area contributed by atoms with E-state index in [0.29, 0.717) is 5.02 Å². The van der Waals surface area contributed by atoms with Gasteiger partial charge in [0.1, 0.15) is 0 Å². The topological polar surface area (TPSA) is 51.8 Å². The van der Waals surface area contributed by atoms with E-state index in [1.807, 2.05) is 42.5 Å². The molecule has 0 spiro atoms. The minimum atomic E-state index is -0.339. The molecule has 100 valence electrons. The van der Waals surface area contributed by atoms with Gasteiger partial charge in [-0.25, -0.2) is 4.98 Å². The number of benzene rings is 2. The van der Waals surface area contributed by atoms with Crippen LogP contribution in [0, 0.1) is 0 Å². The summed E-state index contributed by atoms with van der Waals surface area (Å²) in [4.78, 5) is 8.98. The van der Waals surface area contributed by atoms with Crippen LogP contribution < -0.4 is 5.73 Å². The van der Waals surface area contributed by atoms with Crippen LogP contribution in [0.15, 0.2) is 53.1 Å². The van der Waals surface area contributed by atoms with E-state index in [9.17, 15) is 0 Å². The zero-order chi connectivity index (χ0) is 14.1. The first-order valence-corrected chi connectivity index (χ1v) is 7.24. The van der Waals surface area contributed by atoms with Gasteiger partial charge in [-0.1, -0.05) is 39.7 Å². The first kappa shape index (κ1) is 13.5. The largest absolute Gasteiger partial charge is 0.319 e. The Balaban J connectivity index is 2.03. The van der Waals surface area contributed by atoms with Gasteiger partial charge in [0.05, 0.1) is 29.0 Å². The van der Waals surface area contributed by atoms with Gasteiger partial charge in [0, 0.05) is 9.50 Å². The molecule has 0 aliphatic carbocycles. The number of nitrogens with two attached hydrogens (primary N) is 1. The molecule has 0 amide bonds. The maximum Gasteiger partial charge on any atom is 0.0898 e. The molecular formula is C15H11BrClN3. The summed E-state index contributed by atoms with van der Waals surface area (Å²) < 4.78 is 0.978. The van der Waals surface area contributed by atoms with Gasteiger partial charge in [0.2, 0.25) is 0 Å². The average Bonchev–Trinajstić information content (AvgIpc) is 2.46. The van der Waals surface area contributed by atoms with Gasteiger partial charge in [0.25, 0.3) is 0 Å². The molecule has 1 atom stereocenters. The molecule has 1 heterocycles. The lowest BCUT2D eigenvalue weighted by Crippen LogP contribution is -2.14. The fourth-order valence-corrected chi connectivity index (χ4v) is 2.57. The molecular weight excluding hydrogens is 338 g/mol. The molecule has 0 saturated heterocycles. The van der Waals surface area contributed by atoms with Crippen LogP contribution in [0.5, 0.6) is 0 Å². The van der Waals surface area contributed by atoms with E-state index in [4.69, 9.17) is 17.3 Å². The predicted octanol–water partition coefficient (Wildman–Crippen LogP) is 4.09. The van der Waals surface area contributed by atoms with Crippen molar-refractivity contribution >= 4 is 38.6 Å². The summed E-state index contributed by atoms with van der Waals surface area (Å²) in [7, 11) is 0. The van der Waals surface area contributed by atoms with Crippen LogP contribution in [0.3, 0.4) is 0 Å². The van der Waals surface area contributed by atoms with Crippen molar-refractivity contribution in [2.24, 2.45) is 5.73 Å². The molecule has 3 nitrogen and oxygen atoms in total. The van der Waals surface area contributed by atoms with E-state index >= 15 is 0 Å². The Morgan fingerprint density at radius 3 is 2.75 bits per heavy atom. The first-order valence-electron chi connectivity index (χ1n) is 6.07. The number of halogens is 2. The van der Waals surface area contributed by atoms with E-state index < -0.39 is 0 Å². The Hall–Kier alpha value is -1.49. The Kier molecular flexibility index (Phi) is 3.70. The fourth-order valence-electron chi connectivity index (χ4n) is 2.02. The zero-order valence-corrected chi connectivity index (χ0v) is 12.8. The van der Waals surface area contributed by atoms with Crippen molar-refractivity contribution in [2.45, 2.75) is 6.04 Å². The molecule has 2 N–H and O–H groups in total. The quantitative estimate of drug-likeness (QED) is 0.759. The van der Waals surface area contributed by atoms with Gasteiger partial charge in [-0.05, 0) is 35.9 Å². The van der Waals surface area contributed by atoms with Crippen molar-refractivity contribution < 1.29 is 0 Å². The van der Waals surface area contributed by atoms with Crippen molar-refractivity contribution in [3.05, 3.63) is 69.4 Å². The van der Waals surface area contributed by atoms with Gasteiger partial charge in [-0.3, -0.25) is 4.98 Å². The highest BCUT2D eigenvalue weighted by Crippen LogP contribution is 2.23. The van der Waals surface area contributed by atoms with Crippen LogP contribution in [0.25, 0.3) is 11.0 Å². The van der Waals surface area contributed by atoms with E-state index in [1.54, 1.807) is 6.20 Å². The van der Waals surface area contributed by atoms with E-state index in [2.05, 4.69) is 25.9 Å². The van der Waals surface area contributed by atoms with Gasteiger partial charge in [-0.15, -0.1) is 0 Å². The minimum Gasteiger partial charge on any atom is -0.319 e. The van der Waals surface area contributed by atoms with Gasteiger partial charge < -0.3 is 5.73 Å². The second-order valence-corrected chi connectivity index (χ2v) is 5.81. The Labute approximate surface area is 129 Å². The third kappa shape index (κ3) is 2.68. The highest BCUT2D eigenvalue weighted by atomic mass is 79.9. The third-order valence-corrected chi connectivity index (χ3v) is 3.78. The van der Waals surface area contributed by atoms with E-state index in [0.717, 1.165) is 26.8 Å². The second kappa shape index (κ2) is 5.48. The van der Waals surface area contributed by atoms with E-state index in [1.165, 1.54) is 0 Å². The third-order valence-electron chi connectivity index (χ3n) is 3.05. The molecule has 20 heavy (non-hydrogen) atoms. The monoisotopic (exact) mass is 347 g/mol. The van der Waals surface area contributed by atoms with Crippen molar-refractivity contribution in [3.8, 4) is 0 Å². The normalized spacial score (nSPS) is 12.6. The van der Waals surface area contributed by atoms with Crippen LogP contribution in [0.2, 0.25) is 5.02 Å². The Bertz CT molecular complexity index is 776. The molecule has 0 aliphatic heterocycles. The summed E-state index contributed by atoms with van der Waals surface area (Å²) in [6, 6.07) is 12.9. The van der Waals surface area contributed by atoms with Gasteiger partial charge >= 0.3 is 0 Å². The average molecular weight is 349 g/mol. The molecule has 1 aromatic heterocycles. The number of hydrogen-bond donors (Lipinski definition) is 1. The molecule has 3 rings (SSSR count). The number of hydrogen-bond acceptors (Lipinski definition) is 3. The molecule has 0 aliphatic rings. The highest BCUT2D eigenvalue weighted by Gasteiger charge is 2.12. The van der Waals surface area contributed by atoms with Crippen molar-refractivity contribution in [2.75, 3.05) is 0 Å². The Morgan fingerprint density at radius 1 is 1.10 bits per heavy atom. The number of rotatable bonds is 2. The molecule has 3 aromatic rings. The zero-order valence-electron chi connectivity index (χ0n) is 10.4. The smallest absolute Gasteiger partial charge is 0.0898 e. The van der Waals surface area contributed by atoms with Gasteiger partial charge in [-0.2, -0.15) is 0 Å². The van der Waals surface area contributed by atoms with Crippen LogP contribution in [-0.2, 0) is 0 Å². The standard InChI is InChI=1S/C15H11BrClN3/c16-10-4-5-12-13(7-10)19-8-14(20-12)15(18)9-2-1-3-11(17)6-9/h1-8,15H,18H2. The number of fused-ring (bicyclic) bond motifs is 1. The lowest BCUT2D eigenvalue weighted by molar-refractivity contribution is 0.828. The maximum absolute atomic E-state index is 6.24. The van der Waals surface area contributed by atoms with Crippen molar-refractivity contribution in [1.29, 1.82) is 0 Å². The van der Waals surface area contributed by atoms with Crippen LogP contribution in [0.1, 0.15) is 17.3 Å². The molecule has 5 heteroatoms. The lowest BCUT2D eigenvalue weighted by Gasteiger charge is -2.12. The first-order chi connectivity index (χ1) is 9.63. The van der Waals surface area contributed by atoms with E-state index in [-0.39, 0.29) is 6.04 Å². The molecule has 0 radical (unpaired) electrons. The maximum atomic E-state index is 6.24. The van der Waals surface area contributed by atoms with Gasteiger partial charge in [0.15, 0.2) is 0 Å². The number of aromatic nitrogens is 2. The minimum absolute atomic E-state index is 0.339. The van der Waals surface area contributed by atoms with Crippen LogP contribution in [-0.4, -0.2) is 9.97 Å². The summed E-state index contributed by atoms with van der Waals surface area (Å²) in [5.74, 6) is 0. The van der Waals surface area contributed by atoms with Crippen molar-refractivity contribution in [1.82, 2.24) is 9.97 Å². The molecule has 0 saturated carbocycles. The summed E-state index contributed by atoms with van der Waals surface area (Å²) >= 11 is 9.41. The SMILES string of the molecule is NC(c1cccc(Cl)c1)c1cnc2cc(Br)ccc2n1. The molecule has 1 unspecified atom stereocenters. The molecule has 0 fully saturated rings. The Morgan fingerprint density at radius 2 is 1.95 bits per heavy atom. The highest BCUT2D eigenvalue weighted by molar-refractivity contribution is 9.10. The summed E-state index contributed by atoms with van der Waals surface area (Å²) in [6.07, 6.45) is 1.71. The fraction of sp³-hybridized carbons (Fsp3) is 0.0667. The van der Waals surface area contributed by atoms with Crippen molar-refractivity contribution in [3.63, 3.8) is 0 Å². The van der Waals surface area contributed by atoms with Crippen LogP contribution in [0.4, 0.5) is 0 Å². The molecule has 0 bridgehead atoms. The summed E-state index contributed by atoms with van der Waals surface area (Å²) in [6.45, 7) is 0. The summed E-state index contributed by atoms with van der Waals surface area (Å²) in [5.41, 5.74) is 9.54. The summed E-state index contributed by atoms with van der Waals surface area (Å²) in [5, 5.41) is 0.663. The number of nitrogens with zero attached hydrogens (tertiary/aromatic N) is 2. The lowest BCUT2D eigenvalue weighted by atomic mass is 10.1. The van der Waals surface area contributed by atoms with Crippen LogP contribution >= 0.6 is 27.5 Å².